The van der Waals surface area contributed by atoms with E-state index in [0.717, 1.165) is 0 Å². The maximum atomic E-state index is 12.5. The van der Waals surface area contributed by atoms with Gasteiger partial charge in [0, 0.05) is 6.54 Å². The number of ether oxygens (including phenoxy) is 1. The van der Waals surface area contributed by atoms with Gasteiger partial charge >= 0.3 is 18.4 Å². The van der Waals surface area contributed by atoms with Crippen LogP contribution in [0.3, 0.4) is 0 Å². The number of halogens is 4. The molecule has 0 radical (unpaired) electrons. The third-order valence-electron chi connectivity index (χ3n) is 1.88. The molecule has 0 fully saturated rings. The van der Waals surface area contributed by atoms with E-state index in [1.54, 1.807) is 20.8 Å². The van der Waals surface area contributed by atoms with Crippen LogP contribution in [0.15, 0.2) is 0 Å². The predicted octanol–water partition coefficient (Wildman–Crippen LogP) is 2.39. The molecule has 0 aliphatic heterocycles. The summed E-state index contributed by atoms with van der Waals surface area (Å²) in [5.41, 5.74) is -0.609. The van der Waals surface area contributed by atoms with Gasteiger partial charge in [0.2, 0.25) is 0 Å². The van der Waals surface area contributed by atoms with Crippen LogP contribution in [0.2, 0.25) is 0 Å². The van der Waals surface area contributed by atoms with Gasteiger partial charge in [-0.15, -0.1) is 0 Å². The Hall–Kier alpha value is -1.05. The number of carbonyl (C=O) groups is 1. The molecule has 0 saturated carbocycles. The smallest absolute Gasteiger partial charge is 0.407 e. The largest absolute Gasteiger partial charge is 0.444 e. The summed E-state index contributed by atoms with van der Waals surface area (Å²) >= 11 is 0. The van der Waals surface area contributed by atoms with Gasteiger partial charge in [-0.1, -0.05) is 0 Å². The first-order valence-electron chi connectivity index (χ1n) is 5.88. The highest BCUT2D eigenvalue weighted by Gasteiger charge is 2.39. The van der Waals surface area contributed by atoms with Crippen LogP contribution >= 0.6 is 0 Å². The van der Waals surface area contributed by atoms with Gasteiger partial charge in [-0.05, 0) is 33.7 Å². The van der Waals surface area contributed by atoms with Gasteiger partial charge < -0.3 is 15.4 Å². The number of alkyl carbamates (subject to hydrolysis) is 1. The topological polar surface area (TPSA) is 50.4 Å². The van der Waals surface area contributed by atoms with Gasteiger partial charge in [-0.25, -0.2) is 13.6 Å². The van der Waals surface area contributed by atoms with Gasteiger partial charge in [0.05, 0.1) is 6.54 Å². The zero-order valence-corrected chi connectivity index (χ0v) is 11.2. The number of carbonyl (C=O) groups excluding carboxylic acids is 1. The number of nitrogens with one attached hydrogen (secondary N) is 2. The lowest BCUT2D eigenvalue weighted by molar-refractivity contribution is -0.125. The molecule has 2 N–H and O–H groups in total. The molecule has 0 atom stereocenters. The lowest BCUT2D eigenvalue weighted by atomic mass is 10.2. The first kappa shape index (κ1) is 17.9. The molecule has 4 nitrogen and oxygen atoms in total. The van der Waals surface area contributed by atoms with Crippen molar-refractivity contribution >= 4 is 6.09 Å². The molecule has 0 saturated heterocycles. The normalized spacial score (nSPS) is 12.6. The fourth-order valence-electron chi connectivity index (χ4n) is 1.05. The first-order valence-corrected chi connectivity index (χ1v) is 5.88. The Morgan fingerprint density at radius 2 is 1.79 bits per heavy atom. The molecule has 19 heavy (non-hydrogen) atoms. The van der Waals surface area contributed by atoms with Crippen molar-refractivity contribution in [3.05, 3.63) is 0 Å². The summed E-state index contributed by atoms with van der Waals surface area (Å²) in [7, 11) is 0. The lowest BCUT2D eigenvalue weighted by Crippen LogP contribution is -2.40. The van der Waals surface area contributed by atoms with Crippen molar-refractivity contribution in [2.45, 2.75) is 45.1 Å². The van der Waals surface area contributed by atoms with Gasteiger partial charge in [-0.3, -0.25) is 0 Å². The zero-order chi connectivity index (χ0) is 15.1. The maximum absolute atomic E-state index is 12.5. The Morgan fingerprint density at radius 3 is 2.26 bits per heavy atom. The standard InChI is InChI=1S/C11H20F4N2O2/c1-10(2,3)19-9(18)17-6-4-5-16-7-11(14,15)8(12)13/h8,16H,4-7H2,1-3H3,(H,17,18). The summed E-state index contributed by atoms with van der Waals surface area (Å²) in [5.74, 6) is -4.03. The summed E-state index contributed by atoms with van der Waals surface area (Å²) in [6, 6.07) is 0. The van der Waals surface area contributed by atoms with Crippen LogP contribution in [-0.2, 0) is 4.74 Å². The second kappa shape index (κ2) is 7.52. The molecule has 0 spiro atoms. The third-order valence-corrected chi connectivity index (χ3v) is 1.88. The molecule has 1 amide bonds. The lowest BCUT2D eigenvalue weighted by Gasteiger charge is -2.19. The molecule has 0 bridgehead atoms. The molecule has 0 aromatic heterocycles. The third kappa shape index (κ3) is 9.52. The molecule has 0 aliphatic rings. The van der Waals surface area contributed by atoms with E-state index in [1.165, 1.54) is 0 Å². The average molecular weight is 288 g/mol. The van der Waals surface area contributed by atoms with Crippen LogP contribution in [0, 0.1) is 0 Å². The molecule has 0 unspecified atom stereocenters. The Kier molecular flexibility index (Phi) is 7.10. The number of rotatable bonds is 7. The van der Waals surface area contributed by atoms with Crippen LogP contribution in [-0.4, -0.2) is 43.7 Å². The number of hydrogen-bond acceptors (Lipinski definition) is 3. The van der Waals surface area contributed by atoms with Gasteiger partial charge in [-0.2, -0.15) is 8.78 Å². The summed E-state index contributed by atoms with van der Waals surface area (Å²) < 4.78 is 53.5. The van der Waals surface area contributed by atoms with Crippen molar-refractivity contribution in [3.63, 3.8) is 0 Å². The maximum Gasteiger partial charge on any atom is 0.407 e. The van der Waals surface area contributed by atoms with E-state index in [2.05, 4.69) is 10.6 Å². The van der Waals surface area contributed by atoms with E-state index in [4.69, 9.17) is 4.74 Å². The summed E-state index contributed by atoms with van der Waals surface area (Å²) in [6.07, 6.45) is -3.95. The molecule has 0 aromatic carbocycles. The average Bonchev–Trinajstić information content (AvgIpc) is 2.20. The van der Waals surface area contributed by atoms with E-state index < -0.39 is 30.6 Å². The Balaban J connectivity index is 3.59. The van der Waals surface area contributed by atoms with Gasteiger partial charge in [0.25, 0.3) is 0 Å². The van der Waals surface area contributed by atoms with Crippen LogP contribution in [0.1, 0.15) is 27.2 Å². The second-order valence-electron chi connectivity index (χ2n) is 5.02. The SMILES string of the molecule is CC(C)(C)OC(=O)NCCCNCC(F)(F)C(F)F. The Morgan fingerprint density at radius 1 is 1.21 bits per heavy atom. The van der Waals surface area contributed by atoms with Crippen LogP contribution in [0.4, 0.5) is 22.4 Å². The second-order valence-corrected chi connectivity index (χ2v) is 5.02. The van der Waals surface area contributed by atoms with Crippen molar-refractivity contribution in [2.75, 3.05) is 19.6 Å². The van der Waals surface area contributed by atoms with E-state index >= 15 is 0 Å². The fraction of sp³-hybridized carbons (Fsp3) is 0.909. The van der Waals surface area contributed by atoms with Gasteiger partial charge in [0.15, 0.2) is 0 Å². The highest BCUT2D eigenvalue weighted by molar-refractivity contribution is 5.67. The first-order chi connectivity index (χ1) is 8.54. The summed E-state index contributed by atoms with van der Waals surface area (Å²) in [5, 5.41) is 4.63. The quantitative estimate of drug-likeness (QED) is 0.558. The molecule has 8 heteroatoms. The van der Waals surface area contributed by atoms with E-state index in [1.807, 2.05) is 0 Å². The van der Waals surface area contributed by atoms with Crippen molar-refractivity contribution in [2.24, 2.45) is 0 Å². The molecule has 0 rings (SSSR count). The van der Waals surface area contributed by atoms with Gasteiger partial charge in [0.1, 0.15) is 5.60 Å². The van der Waals surface area contributed by atoms with Crippen molar-refractivity contribution in [1.29, 1.82) is 0 Å². The Bertz CT molecular complexity index is 280. The molecule has 0 aliphatic carbocycles. The highest BCUT2D eigenvalue weighted by Crippen LogP contribution is 2.21. The van der Waals surface area contributed by atoms with Crippen molar-refractivity contribution in [1.82, 2.24) is 10.6 Å². The molecule has 0 heterocycles. The van der Waals surface area contributed by atoms with E-state index in [-0.39, 0.29) is 13.1 Å². The zero-order valence-electron chi connectivity index (χ0n) is 11.2. The minimum absolute atomic E-state index is 0.0953. The molecule has 114 valence electrons. The predicted molar refractivity (Wildman–Crippen MR) is 62.7 cm³/mol. The number of amides is 1. The number of alkyl halides is 4. The summed E-state index contributed by atoms with van der Waals surface area (Å²) in [6.45, 7) is 4.35. The monoisotopic (exact) mass is 288 g/mol. The van der Waals surface area contributed by atoms with Crippen LogP contribution in [0.25, 0.3) is 0 Å². The van der Waals surface area contributed by atoms with E-state index in [9.17, 15) is 22.4 Å². The highest BCUT2D eigenvalue weighted by atomic mass is 19.3. The minimum atomic E-state index is -4.03. The van der Waals surface area contributed by atoms with Crippen LogP contribution < -0.4 is 10.6 Å². The Labute approximate surface area is 109 Å². The number of hydrogen-bond donors (Lipinski definition) is 2. The van der Waals surface area contributed by atoms with Crippen molar-refractivity contribution < 1.29 is 27.1 Å². The fourth-order valence-corrected chi connectivity index (χ4v) is 1.05. The molecule has 0 aromatic rings. The summed E-state index contributed by atoms with van der Waals surface area (Å²) in [4.78, 5) is 11.2. The van der Waals surface area contributed by atoms with Crippen LogP contribution in [0.5, 0.6) is 0 Å². The van der Waals surface area contributed by atoms with Crippen molar-refractivity contribution in [3.8, 4) is 0 Å². The molecular formula is C11H20F4N2O2. The van der Waals surface area contributed by atoms with E-state index in [0.29, 0.717) is 6.42 Å². The molecular weight excluding hydrogens is 268 g/mol. The minimum Gasteiger partial charge on any atom is -0.444 e.